The molecule has 1 amide bonds. The first-order valence-electron chi connectivity index (χ1n) is 9.16. The van der Waals surface area contributed by atoms with Gasteiger partial charge in [-0.3, -0.25) is 4.79 Å². The van der Waals surface area contributed by atoms with Gasteiger partial charge in [-0.25, -0.2) is 4.68 Å². The SMILES string of the molecule is CCN(CC#N)C(=O)c1cn(-c2ccccc2)nc1-c1ccc(OC)c(OC)c1. The second-order valence-corrected chi connectivity index (χ2v) is 6.22. The number of benzene rings is 2. The summed E-state index contributed by atoms with van der Waals surface area (Å²) in [5.74, 6) is 0.884. The van der Waals surface area contributed by atoms with E-state index in [2.05, 4.69) is 5.10 Å². The Morgan fingerprint density at radius 1 is 1.14 bits per heavy atom. The van der Waals surface area contributed by atoms with Crippen molar-refractivity contribution in [2.24, 2.45) is 0 Å². The fourth-order valence-electron chi connectivity index (χ4n) is 3.02. The molecule has 29 heavy (non-hydrogen) atoms. The highest BCUT2D eigenvalue weighted by atomic mass is 16.5. The average Bonchev–Trinajstić information content (AvgIpc) is 3.22. The molecule has 0 aliphatic carbocycles. The molecule has 0 fully saturated rings. The van der Waals surface area contributed by atoms with Crippen LogP contribution in [0.5, 0.6) is 11.5 Å². The fraction of sp³-hybridized carbons (Fsp3) is 0.227. The number of carbonyl (C=O) groups excluding carboxylic acids is 1. The molecule has 1 heterocycles. The summed E-state index contributed by atoms with van der Waals surface area (Å²) in [6.07, 6.45) is 1.70. The first-order chi connectivity index (χ1) is 14.1. The van der Waals surface area contributed by atoms with Crippen molar-refractivity contribution in [2.45, 2.75) is 6.92 Å². The van der Waals surface area contributed by atoms with Gasteiger partial charge in [0.15, 0.2) is 11.5 Å². The molecule has 1 aromatic heterocycles. The normalized spacial score (nSPS) is 10.3. The van der Waals surface area contributed by atoms with Crippen molar-refractivity contribution in [3.8, 4) is 34.5 Å². The maximum atomic E-state index is 13.1. The van der Waals surface area contributed by atoms with Gasteiger partial charge in [-0.2, -0.15) is 10.4 Å². The zero-order valence-electron chi connectivity index (χ0n) is 16.6. The van der Waals surface area contributed by atoms with Crippen molar-refractivity contribution >= 4 is 5.91 Å². The highest BCUT2D eigenvalue weighted by molar-refractivity contribution is 6.00. The molecule has 0 saturated heterocycles. The van der Waals surface area contributed by atoms with Gasteiger partial charge in [0.1, 0.15) is 12.2 Å². The number of amides is 1. The van der Waals surface area contributed by atoms with Gasteiger partial charge < -0.3 is 14.4 Å². The summed E-state index contributed by atoms with van der Waals surface area (Å²) < 4.78 is 12.4. The molecular weight excluding hydrogens is 368 g/mol. The largest absolute Gasteiger partial charge is 0.493 e. The highest BCUT2D eigenvalue weighted by Crippen LogP contribution is 2.33. The number of methoxy groups -OCH3 is 2. The third-order valence-electron chi connectivity index (χ3n) is 4.55. The second kappa shape index (κ2) is 8.93. The number of carbonyl (C=O) groups is 1. The lowest BCUT2D eigenvalue weighted by atomic mass is 10.1. The smallest absolute Gasteiger partial charge is 0.258 e. The zero-order chi connectivity index (χ0) is 20.8. The fourth-order valence-corrected chi connectivity index (χ4v) is 3.02. The molecule has 0 saturated carbocycles. The maximum absolute atomic E-state index is 13.1. The molecule has 2 aromatic carbocycles. The van der Waals surface area contributed by atoms with E-state index in [0.29, 0.717) is 34.9 Å². The minimum absolute atomic E-state index is 0.0111. The van der Waals surface area contributed by atoms with E-state index in [1.165, 1.54) is 4.90 Å². The third-order valence-corrected chi connectivity index (χ3v) is 4.55. The first kappa shape index (κ1) is 20.0. The molecule has 3 aromatic rings. The Hall–Kier alpha value is -3.79. The number of aromatic nitrogens is 2. The Balaban J connectivity index is 2.15. The number of ether oxygens (including phenoxy) is 2. The average molecular weight is 390 g/mol. The zero-order valence-corrected chi connectivity index (χ0v) is 16.6. The van der Waals surface area contributed by atoms with Crippen LogP contribution in [-0.2, 0) is 0 Å². The van der Waals surface area contributed by atoms with E-state index in [1.54, 1.807) is 37.2 Å². The summed E-state index contributed by atoms with van der Waals surface area (Å²) in [6, 6.07) is 17.0. The van der Waals surface area contributed by atoms with Gasteiger partial charge in [-0.15, -0.1) is 0 Å². The summed E-state index contributed by atoms with van der Waals surface area (Å²) in [4.78, 5) is 14.6. The maximum Gasteiger partial charge on any atom is 0.258 e. The minimum Gasteiger partial charge on any atom is -0.493 e. The molecule has 148 valence electrons. The lowest BCUT2D eigenvalue weighted by Gasteiger charge is -2.17. The molecule has 0 atom stereocenters. The van der Waals surface area contributed by atoms with Gasteiger partial charge >= 0.3 is 0 Å². The lowest BCUT2D eigenvalue weighted by Crippen LogP contribution is -2.31. The van der Waals surface area contributed by atoms with E-state index in [9.17, 15) is 4.79 Å². The number of hydrogen-bond donors (Lipinski definition) is 0. The molecule has 7 nitrogen and oxygen atoms in total. The van der Waals surface area contributed by atoms with Crippen LogP contribution in [0.25, 0.3) is 16.9 Å². The van der Waals surface area contributed by atoms with Crippen molar-refractivity contribution in [3.63, 3.8) is 0 Å². The summed E-state index contributed by atoms with van der Waals surface area (Å²) in [5, 5.41) is 13.7. The van der Waals surface area contributed by atoms with Crippen molar-refractivity contribution < 1.29 is 14.3 Å². The number of nitrogens with zero attached hydrogens (tertiary/aromatic N) is 4. The predicted octanol–water partition coefficient (Wildman–Crippen LogP) is 3.54. The van der Waals surface area contributed by atoms with Gasteiger partial charge in [0, 0.05) is 18.3 Å². The summed E-state index contributed by atoms with van der Waals surface area (Å²) in [6.45, 7) is 2.28. The Morgan fingerprint density at radius 2 is 1.86 bits per heavy atom. The van der Waals surface area contributed by atoms with Crippen LogP contribution in [-0.4, -0.2) is 47.9 Å². The molecule has 0 N–H and O–H groups in total. The van der Waals surface area contributed by atoms with Crippen LogP contribution in [0.15, 0.2) is 54.7 Å². The molecule has 0 unspecified atom stereocenters. The van der Waals surface area contributed by atoms with Crippen LogP contribution < -0.4 is 9.47 Å². The molecule has 3 rings (SSSR count). The standard InChI is InChI=1S/C22H22N4O3/c1-4-25(13-12-23)22(27)18-15-26(17-8-6-5-7-9-17)24-21(18)16-10-11-19(28-2)20(14-16)29-3/h5-11,14-15H,4,13H2,1-3H3. The van der Waals surface area contributed by atoms with Crippen LogP contribution in [0.2, 0.25) is 0 Å². The highest BCUT2D eigenvalue weighted by Gasteiger charge is 2.23. The molecule has 7 heteroatoms. The molecule has 0 aliphatic heterocycles. The second-order valence-electron chi connectivity index (χ2n) is 6.22. The van der Waals surface area contributed by atoms with E-state index in [4.69, 9.17) is 14.7 Å². The Morgan fingerprint density at radius 3 is 2.48 bits per heavy atom. The molecule has 0 aliphatic rings. The number of rotatable bonds is 7. The summed E-state index contributed by atoms with van der Waals surface area (Å²) in [7, 11) is 3.12. The van der Waals surface area contributed by atoms with Crippen LogP contribution in [0.3, 0.4) is 0 Å². The van der Waals surface area contributed by atoms with E-state index in [0.717, 1.165) is 5.69 Å². The Bertz CT molecular complexity index is 1040. The first-order valence-corrected chi connectivity index (χ1v) is 9.16. The van der Waals surface area contributed by atoms with Gasteiger partial charge in [-0.1, -0.05) is 18.2 Å². The van der Waals surface area contributed by atoms with Gasteiger partial charge in [-0.05, 0) is 37.3 Å². The summed E-state index contributed by atoms with van der Waals surface area (Å²) in [5.41, 5.74) is 2.47. The Labute approximate surface area is 169 Å². The van der Waals surface area contributed by atoms with E-state index in [1.807, 2.05) is 49.4 Å². The van der Waals surface area contributed by atoms with Crippen molar-refractivity contribution in [1.29, 1.82) is 5.26 Å². The van der Waals surface area contributed by atoms with Crippen molar-refractivity contribution in [3.05, 3.63) is 60.3 Å². The van der Waals surface area contributed by atoms with E-state index < -0.39 is 0 Å². The van der Waals surface area contributed by atoms with Crippen LogP contribution in [0.4, 0.5) is 0 Å². The van der Waals surface area contributed by atoms with Gasteiger partial charge in [0.05, 0.1) is 31.5 Å². The lowest BCUT2D eigenvalue weighted by molar-refractivity contribution is 0.0785. The van der Waals surface area contributed by atoms with Crippen LogP contribution >= 0.6 is 0 Å². The quantitative estimate of drug-likeness (QED) is 0.577. The third kappa shape index (κ3) is 4.06. The monoisotopic (exact) mass is 390 g/mol. The number of hydrogen-bond acceptors (Lipinski definition) is 5. The summed E-state index contributed by atoms with van der Waals surface area (Å²) >= 11 is 0. The van der Waals surface area contributed by atoms with Crippen molar-refractivity contribution in [2.75, 3.05) is 27.3 Å². The Kier molecular flexibility index (Phi) is 6.15. The number of nitriles is 1. The van der Waals surface area contributed by atoms with Gasteiger partial charge in [0.25, 0.3) is 5.91 Å². The van der Waals surface area contributed by atoms with Crippen LogP contribution in [0.1, 0.15) is 17.3 Å². The predicted molar refractivity (Wildman–Crippen MR) is 109 cm³/mol. The topological polar surface area (TPSA) is 80.4 Å². The molecule has 0 spiro atoms. The van der Waals surface area contributed by atoms with Crippen LogP contribution in [0, 0.1) is 11.3 Å². The number of para-hydroxylation sites is 1. The van der Waals surface area contributed by atoms with E-state index in [-0.39, 0.29) is 12.5 Å². The molecular formula is C22H22N4O3. The minimum atomic E-state index is -0.249. The molecule has 0 bridgehead atoms. The molecule has 0 radical (unpaired) electrons. The van der Waals surface area contributed by atoms with Gasteiger partial charge in [0.2, 0.25) is 0 Å². The van der Waals surface area contributed by atoms with E-state index >= 15 is 0 Å². The van der Waals surface area contributed by atoms with Crippen molar-refractivity contribution in [1.82, 2.24) is 14.7 Å².